The average molecular weight is 145 g/mol. The van der Waals surface area contributed by atoms with E-state index in [1.807, 2.05) is 0 Å². The fraction of sp³-hybridized carbons (Fsp3) is 1.00. The first-order valence-electron chi connectivity index (χ1n) is 2.29. The van der Waals surface area contributed by atoms with E-state index in [0.717, 1.165) is 6.92 Å². The molecule has 0 bridgehead atoms. The third-order valence-electron chi connectivity index (χ3n) is 0.934. The largest absolute Gasteiger partial charge is 0.461 e. The predicted octanol–water partition coefficient (Wildman–Crippen LogP) is 1.75. The average Bonchev–Trinajstić information content (AvgIpc) is 1.62. The van der Waals surface area contributed by atoms with Crippen LogP contribution in [0.15, 0.2) is 0 Å². The van der Waals surface area contributed by atoms with E-state index in [4.69, 9.17) is 0 Å². The summed E-state index contributed by atoms with van der Waals surface area (Å²) >= 11 is 0. The van der Waals surface area contributed by atoms with E-state index in [9.17, 15) is 17.6 Å². The monoisotopic (exact) mass is 145 g/mol. The van der Waals surface area contributed by atoms with Crippen molar-refractivity contribution >= 4 is 0 Å². The molecule has 0 aromatic carbocycles. The van der Waals surface area contributed by atoms with Crippen LogP contribution in [0.4, 0.5) is 17.6 Å². The van der Waals surface area contributed by atoms with Crippen molar-refractivity contribution in [2.24, 2.45) is 0 Å². The molecule has 0 rings (SSSR count). The fourth-order valence-corrected chi connectivity index (χ4v) is 0.202. The van der Waals surface area contributed by atoms with Crippen LogP contribution in [0.5, 0.6) is 0 Å². The Morgan fingerprint density at radius 3 is 1.67 bits per heavy atom. The van der Waals surface area contributed by atoms with Gasteiger partial charge in [0, 0.05) is 0 Å². The molecule has 0 saturated heterocycles. The zero-order valence-electron chi connectivity index (χ0n) is 5.04. The van der Waals surface area contributed by atoms with Crippen LogP contribution in [0.3, 0.4) is 0 Å². The van der Waals surface area contributed by atoms with Gasteiger partial charge in [0.1, 0.15) is 0 Å². The Balaban J connectivity index is 3.88. The highest BCUT2D eigenvalue weighted by Crippen LogP contribution is 2.21. The maximum Gasteiger partial charge on any atom is 0.461 e. The molecule has 0 radical (unpaired) electrons. The predicted molar refractivity (Wildman–Crippen MR) is 24.4 cm³/mol. The normalized spacial score (nSPS) is 16.3. The van der Waals surface area contributed by atoms with Crippen LogP contribution < -0.4 is 0 Å². The first-order chi connectivity index (χ1) is 3.85. The van der Waals surface area contributed by atoms with Crippen molar-refractivity contribution in [3.8, 4) is 0 Å². The number of hydrogen-bond acceptors (Lipinski definition) is 1. The zero-order chi connectivity index (χ0) is 7.65. The summed E-state index contributed by atoms with van der Waals surface area (Å²) in [5.41, 5.74) is 0. The Morgan fingerprint density at radius 1 is 1.33 bits per heavy atom. The molecule has 0 aliphatic rings. The molecule has 0 aliphatic heterocycles. The van der Waals surface area contributed by atoms with E-state index < -0.39 is 12.6 Å². The molecular weight excluding hydrogens is 138 g/mol. The molecule has 1 unspecified atom stereocenters. The molecule has 0 saturated carbocycles. The van der Waals surface area contributed by atoms with E-state index in [1.54, 1.807) is 0 Å². The van der Waals surface area contributed by atoms with Gasteiger partial charge in [-0.3, -0.25) is 0 Å². The van der Waals surface area contributed by atoms with Crippen molar-refractivity contribution in [2.75, 3.05) is 7.05 Å². The molecule has 0 spiro atoms. The van der Waals surface area contributed by atoms with Crippen molar-refractivity contribution in [1.82, 2.24) is 4.90 Å². The number of halogens is 4. The van der Waals surface area contributed by atoms with Crippen molar-refractivity contribution in [2.45, 2.75) is 19.5 Å². The van der Waals surface area contributed by atoms with Gasteiger partial charge in [0.05, 0.1) is 0 Å². The minimum Gasteiger partial charge on any atom is -0.230 e. The Bertz CT molecular complexity index is 87.1. The highest BCUT2D eigenvalue weighted by molar-refractivity contribution is 4.52. The molecule has 0 fully saturated rings. The molecule has 9 heavy (non-hydrogen) atoms. The van der Waals surface area contributed by atoms with Gasteiger partial charge in [-0.15, -0.1) is 0 Å². The Hall–Kier alpha value is -0.320. The molecule has 0 amide bonds. The summed E-state index contributed by atoms with van der Waals surface area (Å²) in [6, 6.07) is 0. The summed E-state index contributed by atoms with van der Waals surface area (Å²) in [6.45, 7) is 0.827. The van der Waals surface area contributed by atoms with Gasteiger partial charge in [-0.05, 0) is 14.0 Å². The fourth-order valence-electron chi connectivity index (χ4n) is 0.202. The maximum absolute atomic E-state index is 11.8. The number of rotatable bonds is 1. The van der Waals surface area contributed by atoms with Crippen molar-refractivity contribution in [3.63, 3.8) is 0 Å². The van der Waals surface area contributed by atoms with Crippen LogP contribution in [0, 0.1) is 0 Å². The quantitative estimate of drug-likeness (QED) is 0.401. The lowest BCUT2D eigenvalue weighted by atomic mass is 10.6. The van der Waals surface area contributed by atoms with Gasteiger partial charge in [0.2, 0.25) is 0 Å². The van der Waals surface area contributed by atoms with E-state index >= 15 is 0 Å². The van der Waals surface area contributed by atoms with Gasteiger partial charge in [0.25, 0.3) is 0 Å². The lowest BCUT2D eigenvalue weighted by molar-refractivity contribution is -0.260. The van der Waals surface area contributed by atoms with Crippen molar-refractivity contribution in [1.29, 1.82) is 0 Å². The second-order valence-corrected chi connectivity index (χ2v) is 1.65. The zero-order valence-corrected chi connectivity index (χ0v) is 5.04. The molecule has 5 heteroatoms. The van der Waals surface area contributed by atoms with Gasteiger partial charge >= 0.3 is 6.30 Å². The molecule has 0 aromatic rings. The van der Waals surface area contributed by atoms with Crippen molar-refractivity contribution in [3.05, 3.63) is 0 Å². The summed E-state index contributed by atoms with van der Waals surface area (Å²) < 4.78 is 46.0. The molecule has 0 aromatic heterocycles. The number of nitrogens with zero attached hydrogens (tertiary/aromatic N) is 1. The molecular formula is C4H7F4N. The van der Waals surface area contributed by atoms with Gasteiger partial charge < -0.3 is 0 Å². The van der Waals surface area contributed by atoms with Crippen LogP contribution in [-0.2, 0) is 0 Å². The molecule has 1 nitrogen and oxygen atoms in total. The SMILES string of the molecule is CC(F)N(C)C(F)(F)F. The first kappa shape index (κ1) is 8.68. The number of alkyl halides is 4. The van der Waals surface area contributed by atoms with Crippen LogP contribution in [0.1, 0.15) is 6.92 Å². The van der Waals surface area contributed by atoms with Crippen LogP contribution in [0.2, 0.25) is 0 Å². The van der Waals surface area contributed by atoms with Gasteiger partial charge in [-0.1, -0.05) is 0 Å². The highest BCUT2D eigenvalue weighted by Gasteiger charge is 2.37. The summed E-state index contributed by atoms with van der Waals surface area (Å²) in [4.78, 5) is -0.312. The van der Waals surface area contributed by atoms with E-state index in [1.165, 1.54) is 0 Å². The third kappa shape index (κ3) is 2.64. The summed E-state index contributed by atoms with van der Waals surface area (Å²) in [5, 5.41) is 0. The molecule has 0 heterocycles. The number of hydrogen-bond donors (Lipinski definition) is 0. The Kier molecular flexibility index (Phi) is 2.42. The summed E-state index contributed by atoms with van der Waals surface area (Å²) in [6.07, 6.45) is -6.54. The van der Waals surface area contributed by atoms with Crippen LogP contribution in [0.25, 0.3) is 0 Å². The maximum atomic E-state index is 11.8. The Morgan fingerprint density at radius 2 is 1.67 bits per heavy atom. The molecule has 1 atom stereocenters. The smallest absolute Gasteiger partial charge is 0.230 e. The van der Waals surface area contributed by atoms with Crippen LogP contribution in [-0.4, -0.2) is 24.5 Å². The lowest BCUT2D eigenvalue weighted by Gasteiger charge is -2.20. The summed E-state index contributed by atoms with van der Waals surface area (Å²) in [7, 11) is 0.657. The van der Waals surface area contributed by atoms with E-state index in [0.29, 0.717) is 7.05 Å². The third-order valence-corrected chi connectivity index (χ3v) is 0.934. The molecule has 0 N–H and O–H groups in total. The first-order valence-corrected chi connectivity index (χ1v) is 2.29. The summed E-state index contributed by atoms with van der Waals surface area (Å²) in [5.74, 6) is 0. The van der Waals surface area contributed by atoms with Gasteiger partial charge in [-0.25, -0.2) is 4.39 Å². The Labute approximate surface area is 50.3 Å². The second kappa shape index (κ2) is 2.51. The van der Waals surface area contributed by atoms with E-state index in [2.05, 4.69) is 0 Å². The molecule has 56 valence electrons. The minimum absolute atomic E-state index is 0.312. The van der Waals surface area contributed by atoms with E-state index in [-0.39, 0.29) is 4.90 Å². The molecule has 0 aliphatic carbocycles. The van der Waals surface area contributed by atoms with Gasteiger partial charge in [0.15, 0.2) is 6.30 Å². The van der Waals surface area contributed by atoms with Gasteiger partial charge in [-0.2, -0.15) is 18.1 Å². The van der Waals surface area contributed by atoms with Crippen LogP contribution >= 0.6 is 0 Å². The topological polar surface area (TPSA) is 3.24 Å². The standard InChI is InChI=1S/C4H7F4N/c1-3(5)9(2)4(6,7)8/h3H,1-2H3. The second-order valence-electron chi connectivity index (χ2n) is 1.65. The van der Waals surface area contributed by atoms with Crippen molar-refractivity contribution < 1.29 is 17.6 Å². The minimum atomic E-state index is -4.56. The lowest BCUT2D eigenvalue weighted by Crippen LogP contribution is -2.38. The highest BCUT2D eigenvalue weighted by atomic mass is 19.4.